The summed E-state index contributed by atoms with van der Waals surface area (Å²) in [5.41, 5.74) is 1.36. The molecule has 5 nitrogen and oxygen atoms in total. The Bertz CT molecular complexity index is 956. The predicted molar refractivity (Wildman–Crippen MR) is 115 cm³/mol. The lowest BCUT2D eigenvalue weighted by atomic mass is 9.68. The molecular weight excluding hydrogens is 376 g/mol. The van der Waals surface area contributed by atoms with Gasteiger partial charge in [0.05, 0.1) is 5.56 Å². The van der Waals surface area contributed by atoms with Gasteiger partial charge in [0, 0.05) is 29.1 Å². The lowest BCUT2D eigenvalue weighted by molar-refractivity contribution is -0.132. The Hall–Kier alpha value is -2.95. The first-order valence-corrected chi connectivity index (χ1v) is 10.8. The van der Waals surface area contributed by atoms with Gasteiger partial charge in [-0.15, -0.1) is 0 Å². The zero-order chi connectivity index (χ0) is 21.3. The minimum Gasteiger partial charge on any atom is -0.353 e. The smallest absolute Gasteiger partial charge is 0.252 e. The SMILES string of the molecule is CC1C(=O)NC2CC(NC(=O)c3ccccc3C(=O)c3ccccc3)CCC2C1C. The van der Waals surface area contributed by atoms with Crippen LogP contribution < -0.4 is 10.6 Å². The molecule has 4 rings (SSSR count). The Labute approximate surface area is 177 Å². The fourth-order valence-corrected chi connectivity index (χ4v) is 4.93. The third-order valence-electron chi connectivity index (χ3n) is 6.90. The van der Waals surface area contributed by atoms with Gasteiger partial charge in [-0.3, -0.25) is 14.4 Å². The zero-order valence-electron chi connectivity index (χ0n) is 17.4. The maximum Gasteiger partial charge on any atom is 0.252 e. The molecule has 156 valence electrons. The fraction of sp³-hybridized carbons (Fsp3) is 0.400. The summed E-state index contributed by atoms with van der Waals surface area (Å²) < 4.78 is 0. The molecule has 2 aromatic rings. The molecule has 0 spiro atoms. The summed E-state index contributed by atoms with van der Waals surface area (Å²) in [6.07, 6.45) is 2.59. The largest absolute Gasteiger partial charge is 0.353 e. The van der Waals surface area contributed by atoms with Crippen molar-refractivity contribution in [3.63, 3.8) is 0 Å². The van der Waals surface area contributed by atoms with Gasteiger partial charge >= 0.3 is 0 Å². The van der Waals surface area contributed by atoms with Gasteiger partial charge < -0.3 is 10.6 Å². The highest BCUT2D eigenvalue weighted by atomic mass is 16.2. The van der Waals surface area contributed by atoms with E-state index in [-0.39, 0.29) is 35.6 Å². The van der Waals surface area contributed by atoms with Gasteiger partial charge in [-0.25, -0.2) is 0 Å². The van der Waals surface area contributed by atoms with E-state index in [0.29, 0.717) is 28.5 Å². The Morgan fingerprint density at radius 1 is 0.933 bits per heavy atom. The van der Waals surface area contributed by atoms with Crippen molar-refractivity contribution in [2.24, 2.45) is 17.8 Å². The molecule has 1 saturated carbocycles. The topological polar surface area (TPSA) is 75.3 Å². The van der Waals surface area contributed by atoms with Crippen molar-refractivity contribution in [2.75, 3.05) is 0 Å². The van der Waals surface area contributed by atoms with Gasteiger partial charge in [-0.1, -0.05) is 62.4 Å². The molecule has 1 aliphatic carbocycles. The van der Waals surface area contributed by atoms with Crippen LogP contribution in [0.5, 0.6) is 0 Å². The number of hydrogen-bond acceptors (Lipinski definition) is 3. The molecule has 0 bridgehead atoms. The zero-order valence-corrected chi connectivity index (χ0v) is 17.4. The van der Waals surface area contributed by atoms with Crippen LogP contribution in [0.15, 0.2) is 54.6 Å². The maximum absolute atomic E-state index is 13.1. The van der Waals surface area contributed by atoms with E-state index in [1.807, 2.05) is 25.1 Å². The van der Waals surface area contributed by atoms with E-state index in [1.54, 1.807) is 36.4 Å². The van der Waals surface area contributed by atoms with E-state index < -0.39 is 0 Å². The molecule has 1 heterocycles. The van der Waals surface area contributed by atoms with Crippen LogP contribution in [0.25, 0.3) is 0 Å². The summed E-state index contributed by atoms with van der Waals surface area (Å²) in [6, 6.07) is 16.0. The number of nitrogens with one attached hydrogen (secondary N) is 2. The first-order chi connectivity index (χ1) is 14.5. The van der Waals surface area contributed by atoms with E-state index in [0.717, 1.165) is 19.3 Å². The minimum atomic E-state index is -0.234. The van der Waals surface area contributed by atoms with Crippen molar-refractivity contribution in [1.82, 2.24) is 10.6 Å². The summed E-state index contributed by atoms with van der Waals surface area (Å²) in [4.78, 5) is 38.2. The number of benzene rings is 2. The molecule has 2 amide bonds. The summed E-state index contributed by atoms with van der Waals surface area (Å²) in [5.74, 6) is 0.555. The molecule has 5 heteroatoms. The average Bonchev–Trinajstić information content (AvgIpc) is 2.77. The van der Waals surface area contributed by atoms with Crippen LogP contribution in [0.1, 0.15) is 59.4 Å². The molecule has 2 fully saturated rings. The average molecular weight is 405 g/mol. The first-order valence-electron chi connectivity index (χ1n) is 10.8. The van der Waals surface area contributed by atoms with Crippen molar-refractivity contribution in [3.05, 3.63) is 71.3 Å². The van der Waals surface area contributed by atoms with E-state index in [4.69, 9.17) is 0 Å². The Balaban J connectivity index is 1.48. The highest BCUT2D eigenvalue weighted by molar-refractivity contribution is 6.15. The molecule has 2 N–H and O–H groups in total. The standard InChI is InChI=1S/C25H28N2O3/c1-15-16(2)24(29)27-22-14-18(12-13-19(15)22)26-25(30)21-11-7-6-10-20(21)23(28)17-8-4-3-5-9-17/h3-11,15-16,18-19,22H,12-14H2,1-2H3,(H,26,30)(H,27,29). The second-order valence-corrected chi connectivity index (χ2v) is 8.65. The molecule has 0 aromatic heterocycles. The Morgan fingerprint density at radius 2 is 1.60 bits per heavy atom. The van der Waals surface area contributed by atoms with Crippen molar-refractivity contribution >= 4 is 17.6 Å². The minimum absolute atomic E-state index is 0.0143. The Morgan fingerprint density at radius 3 is 2.33 bits per heavy atom. The van der Waals surface area contributed by atoms with Crippen LogP contribution in [0.2, 0.25) is 0 Å². The van der Waals surface area contributed by atoms with Crippen molar-refractivity contribution in [1.29, 1.82) is 0 Å². The van der Waals surface area contributed by atoms with Crippen LogP contribution >= 0.6 is 0 Å². The third-order valence-corrected chi connectivity index (χ3v) is 6.90. The van der Waals surface area contributed by atoms with Crippen molar-refractivity contribution < 1.29 is 14.4 Å². The van der Waals surface area contributed by atoms with E-state index in [9.17, 15) is 14.4 Å². The van der Waals surface area contributed by atoms with Crippen molar-refractivity contribution in [2.45, 2.75) is 45.2 Å². The van der Waals surface area contributed by atoms with Crippen LogP contribution in [0, 0.1) is 17.8 Å². The third kappa shape index (κ3) is 3.89. The molecule has 0 radical (unpaired) electrons. The molecular formula is C25H28N2O3. The second-order valence-electron chi connectivity index (χ2n) is 8.65. The number of piperidine rings is 1. The molecule has 2 aromatic carbocycles. The number of hydrogen-bond donors (Lipinski definition) is 2. The molecule has 1 aliphatic heterocycles. The maximum atomic E-state index is 13.1. The van der Waals surface area contributed by atoms with Gasteiger partial charge in [0.25, 0.3) is 5.91 Å². The first kappa shape index (κ1) is 20.3. The predicted octanol–water partition coefficient (Wildman–Crippen LogP) is 3.59. The highest BCUT2D eigenvalue weighted by Gasteiger charge is 2.42. The summed E-state index contributed by atoms with van der Waals surface area (Å²) in [7, 11) is 0. The van der Waals surface area contributed by atoms with E-state index in [2.05, 4.69) is 17.6 Å². The van der Waals surface area contributed by atoms with Gasteiger partial charge in [-0.05, 0) is 37.2 Å². The van der Waals surface area contributed by atoms with Crippen LogP contribution in [-0.2, 0) is 4.79 Å². The van der Waals surface area contributed by atoms with Gasteiger partial charge in [0.15, 0.2) is 5.78 Å². The highest BCUT2D eigenvalue weighted by Crippen LogP contribution is 2.37. The van der Waals surface area contributed by atoms with Crippen LogP contribution in [0.4, 0.5) is 0 Å². The van der Waals surface area contributed by atoms with E-state index >= 15 is 0 Å². The van der Waals surface area contributed by atoms with Crippen LogP contribution in [0.3, 0.4) is 0 Å². The molecule has 5 unspecified atom stereocenters. The van der Waals surface area contributed by atoms with Crippen LogP contribution in [-0.4, -0.2) is 29.7 Å². The second kappa shape index (κ2) is 8.42. The van der Waals surface area contributed by atoms with Gasteiger partial charge in [0.1, 0.15) is 0 Å². The number of carbonyl (C=O) groups is 3. The molecule has 2 aliphatic rings. The quantitative estimate of drug-likeness (QED) is 0.765. The van der Waals surface area contributed by atoms with Gasteiger partial charge in [0.2, 0.25) is 5.91 Å². The fourth-order valence-electron chi connectivity index (χ4n) is 4.93. The molecule has 30 heavy (non-hydrogen) atoms. The normalized spacial score (nSPS) is 28.2. The monoisotopic (exact) mass is 404 g/mol. The lowest BCUT2D eigenvalue weighted by Gasteiger charge is -2.45. The summed E-state index contributed by atoms with van der Waals surface area (Å²) >= 11 is 0. The van der Waals surface area contributed by atoms with Gasteiger partial charge in [-0.2, -0.15) is 0 Å². The number of carbonyl (C=O) groups excluding carboxylic acids is 3. The molecule has 1 saturated heterocycles. The summed E-state index contributed by atoms with van der Waals surface area (Å²) in [5, 5.41) is 6.26. The number of amides is 2. The number of ketones is 1. The lowest BCUT2D eigenvalue weighted by Crippen LogP contribution is -2.57. The van der Waals surface area contributed by atoms with E-state index in [1.165, 1.54) is 0 Å². The summed E-state index contributed by atoms with van der Waals surface area (Å²) in [6.45, 7) is 4.15. The molecule has 5 atom stereocenters. The Kier molecular flexibility index (Phi) is 5.71. The number of rotatable bonds is 4. The number of fused-ring (bicyclic) bond motifs is 1. The van der Waals surface area contributed by atoms with Crippen molar-refractivity contribution in [3.8, 4) is 0 Å².